The predicted octanol–water partition coefficient (Wildman–Crippen LogP) is 2.27. The number of aromatic nitrogens is 1. The molecule has 0 N–H and O–H groups in total. The molecule has 0 saturated carbocycles. The van der Waals surface area contributed by atoms with E-state index in [1.165, 1.54) is 0 Å². The van der Waals surface area contributed by atoms with Crippen LogP contribution in [0.3, 0.4) is 0 Å². The highest BCUT2D eigenvalue weighted by molar-refractivity contribution is 5.75. The Kier molecular flexibility index (Phi) is 4.26. The van der Waals surface area contributed by atoms with E-state index < -0.39 is 0 Å². The van der Waals surface area contributed by atoms with E-state index in [1.807, 2.05) is 18.3 Å². The number of carbonyl (C=O) groups excluding carboxylic acids is 1. The van der Waals surface area contributed by atoms with E-state index in [0.29, 0.717) is 11.7 Å². The number of hydrogen-bond acceptors (Lipinski definition) is 3. The summed E-state index contributed by atoms with van der Waals surface area (Å²) in [6.45, 7) is 4.82. The summed E-state index contributed by atoms with van der Waals surface area (Å²) in [5, 5.41) is 0. The van der Waals surface area contributed by atoms with Crippen molar-refractivity contribution in [2.45, 2.75) is 32.7 Å². The highest BCUT2D eigenvalue weighted by Gasteiger charge is 2.20. The third-order valence-electron chi connectivity index (χ3n) is 3.40. The maximum Gasteiger partial charge on any atom is 0.130 e. The van der Waals surface area contributed by atoms with Crippen LogP contribution in [-0.4, -0.2) is 28.8 Å². The number of hydrogen-bond donors (Lipinski definition) is 0. The summed E-state index contributed by atoms with van der Waals surface area (Å²) in [6, 6.07) is 6.05. The normalized spacial score (nSPS) is 18.2. The van der Waals surface area contributed by atoms with Gasteiger partial charge >= 0.3 is 0 Å². The minimum absolute atomic E-state index is 0.327. The average molecular weight is 232 g/mol. The Morgan fingerprint density at radius 1 is 1.41 bits per heavy atom. The minimum atomic E-state index is 0.327. The van der Waals surface area contributed by atoms with Crippen LogP contribution in [0.1, 0.15) is 31.9 Å². The van der Waals surface area contributed by atoms with Gasteiger partial charge in [0.15, 0.2) is 0 Å². The first-order valence-corrected chi connectivity index (χ1v) is 6.36. The first-order chi connectivity index (χ1) is 8.24. The fourth-order valence-corrected chi connectivity index (χ4v) is 2.48. The maximum absolute atomic E-state index is 11.1. The van der Waals surface area contributed by atoms with Crippen LogP contribution in [0.5, 0.6) is 0 Å². The third kappa shape index (κ3) is 3.93. The fourth-order valence-electron chi connectivity index (χ4n) is 2.48. The van der Waals surface area contributed by atoms with Gasteiger partial charge in [-0.05, 0) is 50.9 Å². The van der Waals surface area contributed by atoms with Crippen LogP contribution in [0, 0.1) is 5.92 Å². The molecule has 92 valence electrons. The van der Waals surface area contributed by atoms with E-state index in [9.17, 15) is 4.79 Å². The molecule has 0 spiro atoms. The van der Waals surface area contributed by atoms with E-state index in [0.717, 1.165) is 44.6 Å². The number of Topliss-reactive ketones (excluding diaryl/α,β-unsaturated/α-hetero) is 1. The Morgan fingerprint density at radius 2 is 2.18 bits per heavy atom. The van der Waals surface area contributed by atoms with Gasteiger partial charge in [0.05, 0.1) is 5.69 Å². The molecule has 0 amide bonds. The van der Waals surface area contributed by atoms with Gasteiger partial charge in [0.2, 0.25) is 0 Å². The maximum atomic E-state index is 11.1. The number of piperidine rings is 1. The van der Waals surface area contributed by atoms with Crippen molar-refractivity contribution in [2.24, 2.45) is 5.92 Å². The van der Waals surface area contributed by atoms with Crippen LogP contribution in [0.25, 0.3) is 0 Å². The Morgan fingerprint density at radius 3 is 2.76 bits per heavy atom. The van der Waals surface area contributed by atoms with Crippen LogP contribution in [-0.2, 0) is 11.3 Å². The van der Waals surface area contributed by atoms with Crippen LogP contribution in [0.4, 0.5) is 0 Å². The third-order valence-corrected chi connectivity index (χ3v) is 3.40. The van der Waals surface area contributed by atoms with Crippen molar-refractivity contribution in [3.05, 3.63) is 30.1 Å². The second kappa shape index (κ2) is 5.92. The average Bonchev–Trinajstić information content (AvgIpc) is 2.32. The molecule has 1 aromatic heterocycles. The standard InChI is InChI=1S/C14H20N2O/c1-12(17)10-13-5-8-16(9-6-13)11-14-4-2-3-7-15-14/h2-4,7,13H,5-6,8-11H2,1H3. The quantitative estimate of drug-likeness (QED) is 0.798. The summed E-state index contributed by atoms with van der Waals surface area (Å²) < 4.78 is 0. The molecule has 0 aromatic carbocycles. The first kappa shape index (κ1) is 12.2. The summed E-state index contributed by atoms with van der Waals surface area (Å²) in [5.41, 5.74) is 1.14. The summed E-state index contributed by atoms with van der Waals surface area (Å²) in [6.07, 6.45) is 4.90. The summed E-state index contributed by atoms with van der Waals surface area (Å²) in [4.78, 5) is 17.8. The van der Waals surface area contributed by atoms with Crippen molar-refractivity contribution >= 4 is 5.78 Å². The van der Waals surface area contributed by atoms with Crippen molar-refractivity contribution in [1.29, 1.82) is 0 Å². The summed E-state index contributed by atoms with van der Waals surface area (Å²) in [7, 11) is 0. The van der Waals surface area contributed by atoms with Gasteiger partial charge in [0.1, 0.15) is 5.78 Å². The first-order valence-electron chi connectivity index (χ1n) is 6.36. The summed E-state index contributed by atoms with van der Waals surface area (Å²) in [5.74, 6) is 0.931. The lowest BCUT2D eigenvalue weighted by molar-refractivity contribution is -0.118. The zero-order valence-corrected chi connectivity index (χ0v) is 10.4. The molecule has 1 fully saturated rings. The lowest BCUT2D eigenvalue weighted by atomic mass is 9.92. The number of rotatable bonds is 4. The van der Waals surface area contributed by atoms with E-state index in [-0.39, 0.29) is 0 Å². The molecular formula is C14H20N2O. The minimum Gasteiger partial charge on any atom is -0.300 e. The SMILES string of the molecule is CC(=O)CC1CCN(Cc2ccccn2)CC1. The van der Waals surface area contributed by atoms with Crippen LogP contribution >= 0.6 is 0 Å². The fraction of sp³-hybridized carbons (Fsp3) is 0.571. The molecule has 2 heterocycles. The van der Waals surface area contributed by atoms with E-state index in [2.05, 4.69) is 16.0 Å². The Bertz CT molecular complexity index is 356. The second-order valence-electron chi connectivity index (χ2n) is 4.95. The van der Waals surface area contributed by atoms with Gasteiger partial charge in [-0.15, -0.1) is 0 Å². The Hall–Kier alpha value is -1.22. The predicted molar refractivity (Wildman–Crippen MR) is 67.5 cm³/mol. The molecule has 1 aliphatic rings. The van der Waals surface area contributed by atoms with Crippen LogP contribution in [0.15, 0.2) is 24.4 Å². The Labute approximate surface area is 103 Å². The largest absolute Gasteiger partial charge is 0.300 e. The van der Waals surface area contributed by atoms with Gasteiger partial charge in [-0.2, -0.15) is 0 Å². The number of nitrogens with zero attached hydrogens (tertiary/aromatic N) is 2. The van der Waals surface area contributed by atoms with Crippen LogP contribution in [0.2, 0.25) is 0 Å². The second-order valence-corrected chi connectivity index (χ2v) is 4.95. The van der Waals surface area contributed by atoms with Crippen molar-refractivity contribution in [2.75, 3.05) is 13.1 Å². The molecule has 3 nitrogen and oxygen atoms in total. The highest BCUT2D eigenvalue weighted by Crippen LogP contribution is 2.21. The van der Waals surface area contributed by atoms with Crippen LogP contribution < -0.4 is 0 Å². The van der Waals surface area contributed by atoms with Crippen molar-refractivity contribution in [3.63, 3.8) is 0 Å². The Balaban J connectivity index is 1.78. The van der Waals surface area contributed by atoms with E-state index >= 15 is 0 Å². The summed E-state index contributed by atoms with van der Waals surface area (Å²) >= 11 is 0. The van der Waals surface area contributed by atoms with Crippen molar-refractivity contribution in [1.82, 2.24) is 9.88 Å². The molecular weight excluding hydrogens is 212 g/mol. The zero-order valence-electron chi connectivity index (χ0n) is 10.4. The molecule has 2 rings (SSSR count). The zero-order chi connectivity index (χ0) is 12.1. The van der Waals surface area contributed by atoms with Gasteiger partial charge in [0.25, 0.3) is 0 Å². The topological polar surface area (TPSA) is 33.2 Å². The van der Waals surface area contributed by atoms with E-state index in [4.69, 9.17) is 0 Å². The smallest absolute Gasteiger partial charge is 0.130 e. The lowest BCUT2D eigenvalue weighted by Gasteiger charge is -2.31. The number of carbonyl (C=O) groups is 1. The molecule has 0 bridgehead atoms. The molecule has 1 aliphatic heterocycles. The van der Waals surface area contributed by atoms with Crippen molar-refractivity contribution < 1.29 is 4.79 Å². The van der Waals surface area contributed by atoms with E-state index in [1.54, 1.807) is 6.92 Å². The molecule has 0 atom stereocenters. The molecule has 3 heteroatoms. The molecule has 1 saturated heterocycles. The molecule has 0 aliphatic carbocycles. The number of ketones is 1. The number of likely N-dealkylation sites (tertiary alicyclic amines) is 1. The highest BCUT2D eigenvalue weighted by atomic mass is 16.1. The lowest BCUT2D eigenvalue weighted by Crippen LogP contribution is -2.33. The van der Waals surface area contributed by atoms with Gasteiger partial charge in [-0.25, -0.2) is 0 Å². The van der Waals surface area contributed by atoms with Gasteiger partial charge in [-0.3, -0.25) is 9.88 Å². The van der Waals surface area contributed by atoms with Gasteiger partial charge < -0.3 is 4.79 Å². The van der Waals surface area contributed by atoms with Gasteiger partial charge in [0, 0.05) is 19.2 Å². The monoisotopic (exact) mass is 232 g/mol. The molecule has 17 heavy (non-hydrogen) atoms. The van der Waals surface area contributed by atoms with Crippen molar-refractivity contribution in [3.8, 4) is 0 Å². The number of pyridine rings is 1. The molecule has 0 radical (unpaired) electrons. The molecule has 1 aromatic rings. The van der Waals surface area contributed by atoms with Gasteiger partial charge in [-0.1, -0.05) is 6.07 Å². The molecule has 0 unspecified atom stereocenters.